The van der Waals surface area contributed by atoms with Gasteiger partial charge in [0, 0.05) is 6.61 Å². The van der Waals surface area contributed by atoms with Crippen molar-refractivity contribution in [1.29, 1.82) is 0 Å². The van der Waals surface area contributed by atoms with Crippen LogP contribution in [0.15, 0.2) is 0 Å². The number of primary sulfonamides is 1. The van der Waals surface area contributed by atoms with Gasteiger partial charge in [-0.2, -0.15) is 8.78 Å². The Labute approximate surface area is 90.8 Å². The Bertz CT molecular complexity index is 294. The summed E-state index contributed by atoms with van der Waals surface area (Å²) in [5.74, 6) is -4.46. The molecule has 0 aromatic heterocycles. The molecule has 9 heteroatoms. The first-order chi connectivity index (χ1) is 7.15. The first-order valence-electron chi connectivity index (χ1n) is 4.39. The number of sulfonamides is 1. The fraction of sp³-hybridized carbons (Fsp3) is 1.00. The summed E-state index contributed by atoms with van der Waals surface area (Å²) in [6.45, 7) is -1.59. The fourth-order valence-corrected chi connectivity index (χ4v) is 1.39. The predicted molar refractivity (Wildman–Crippen MR) is 49.0 cm³/mol. The first kappa shape index (κ1) is 15.6. The Morgan fingerprint density at radius 2 is 1.81 bits per heavy atom. The van der Waals surface area contributed by atoms with Gasteiger partial charge in [0.15, 0.2) is 0 Å². The minimum atomic E-state index is -4.17. The van der Waals surface area contributed by atoms with Crippen molar-refractivity contribution in [3.05, 3.63) is 0 Å². The van der Waals surface area contributed by atoms with Crippen molar-refractivity contribution in [2.45, 2.75) is 25.2 Å². The van der Waals surface area contributed by atoms with Crippen molar-refractivity contribution >= 4 is 10.0 Å². The summed E-state index contributed by atoms with van der Waals surface area (Å²) in [5.41, 5.74) is 0. The van der Waals surface area contributed by atoms with Gasteiger partial charge < -0.3 is 4.74 Å². The lowest BCUT2D eigenvalue weighted by Crippen LogP contribution is -2.32. The Kier molecular flexibility index (Phi) is 6.19. The molecule has 0 saturated heterocycles. The van der Waals surface area contributed by atoms with Gasteiger partial charge in [0.05, 0.1) is 5.75 Å². The van der Waals surface area contributed by atoms with Crippen molar-refractivity contribution in [1.82, 2.24) is 0 Å². The number of nitrogens with two attached hydrogens (primary N) is 1. The number of hydrogen-bond donors (Lipinski definition) is 1. The first-order valence-corrected chi connectivity index (χ1v) is 6.11. The van der Waals surface area contributed by atoms with Crippen LogP contribution in [0.5, 0.6) is 0 Å². The molecule has 0 unspecified atom stereocenters. The van der Waals surface area contributed by atoms with E-state index in [9.17, 15) is 26.0 Å². The quantitative estimate of drug-likeness (QED) is 0.526. The second kappa shape index (κ2) is 6.36. The maximum absolute atomic E-state index is 12.3. The van der Waals surface area contributed by atoms with E-state index in [1.165, 1.54) is 0 Å². The molecule has 0 spiro atoms. The van der Waals surface area contributed by atoms with Crippen molar-refractivity contribution in [2.75, 3.05) is 19.0 Å². The Hall–Kier alpha value is -0.410. The zero-order valence-corrected chi connectivity index (χ0v) is 9.15. The van der Waals surface area contributed by atoms with E-state index in [0.717, 1.165) is 0 Å². The highest BCUT2D eigenvalue weighted by molar-refractivity contribution is 7.89. The van der Waals surface area contributed by atoms with Gasteiger partial charge in [-0.05, 0) is 12.8 Å². The summed E-state index contributed by atoms with van der Waals surface area (Å²) < 4.78 is 72.9. The molecule has 0 fully saturated rings. The van der Waals surface area contributed by atoms with Gasteiger partial charge >= 0.3 is 12.3 Å². The Morgan fingerprint density at radius 3 is 2.25 bits per heavy atom. The summed E-state index contributed by atoms with van der Waals surface area (Å²) >= 11 is 0. The van der Waals surface area contributed by atoms with Gasteiger partial charge in [-0.15, -0.1) is 0 Å². The zero-order chi connectivity index (χ0) is 12.8. The number of ether oxygens (including phenoxy) is 1. The molecule has 0 amide bonds. The number of halogens is 4. The molecule has 2 N–H and O–H groups in total. The van der Waals surface area contributed by atoms with E-state index in [4.69, 9.17) is 0 Å². The molecule has 0 heterocycles. The molecule has 0 aromatic carbocycles. The number of alkyl halides is 4. The maximum Gasteiger partial charge on any atom is 0.330 e. The summed E-state index contributed by atoms with van der Waals surface area (Å²) in [6.07, 6.45) is -3.47. The number of hydrogen-bond acceptors (Lipinski definition) is 3. The van der Waals surface area contributed by atoms with Crippen LogP contribution in [0.4, 0.5) is 17.6 Å². The van der Waals surface area contributed by atoms with Crippen LogP contribution in [-0.2, 0) is 14.8 Å². The second-order valence-corrected chi connectivity index (χ2v) is 4.92. The van der Waals surface area contributed by atoms with E-state index in [0.29, 0.717) is 0 Å². The zero-order valence-electron chi connectivity index (χ0n) is 8.34. The molecule has 0 aliphatic carbocycles. The van der Waals surface area contributed by atoms with Gasteiger partial charge in [0.25, 0.3) is 0 Å². The standard InChI is InChI=1S/C7H13F4NO3S/c8-6(9)7(10,11)5-15-3-1-2-4-16(12,13)14/h6H,1-5H2,(H2,12,13,14). The molecule has 0 rings (SSSR count). The third kappa shape index (κ3) is 7.83. The van der Waals surface area contributed by atoms with Gasteiger partial charge in [-0.25, -0.2) is 22.3 Å². The summed E-state index contributed by atoms with van der Waals surface area (Å²) in [4.78, 5) is 0. The SMILES string of the molecule is NS(=O)(=O)CCCCOCC(F)(F)C(F)F. The van der Waals surface area contributed by atoms with Crippen LogP contribution >= 0.6 is 0 Å². The highest BCUT2D eigenvalue weighted by Crippen LogP contribution is 2.22. The topological polar surface area (TPSA) is 69.4 Å². The molecule has 0 aliphatic heterocycles. The van der Waals surface area contributed by atoms with Crippen molar-refractivity contribution in [2.24, 2.45) is 5.14 Å². The average molecular weight is 267 g/mol. The van der Waals surface area contributed by atoms with Gasteiger partial charge in [0.2, 0.25) is 10.0 Å². The van der Waals surface area contributed by atoms with Crippen LogP contribution < -0.4 is 5.14 Å². The number of unbranched alkanes of at least 4 members (excludes halogenated alkanes) is 1. The van der Waals surface area contributed by atoms with E-state index in [2.05, 4.69) is 9.88 Å². The maximum atomic E-state index is 12.3. The molecule has 0 radical (unpaired) electrons. The lowest BCUT2D eigenvalue weighted by atomic mass is 10.3. The third-order valence-electron chi connectivity index (χ3n) is 1.58. The molecule has 0 aliphatic rings. The van der Waals surface area contributed by atoms with Crippen LogP contribution in [-0.4, -0.2) is 39.7 Å². The van der Waals surface area contributed by atoms with Crippen LogP contribution in [0.3, 0.4) is 0 Å². The molecule has 0 aromatic rings. The smallest absolute Gasteiger partial charge is 0.330 e. The number of rotatable bonds is 8. The van der Waals surface area contributed by atoms with E-state index < -0.39 is 29.0 Å². The van der Waals surface area contributed by atoms with Crippen molar-refractivity contribution in [3.63, 3.8) is 0 Å². The van der Waals surface area contributed by atoms with Crippen molar-refractivity contribution < 1.29 is 30.7 Å². The molecule has 0 saturated carbocycles. The van der Waals surface area contributed by atoms with Crippen LogP contribution in [0.25, 0.3) is 0 Å². The summed E-state index contributed by atoms with van der Waals surface area (Å²) in [5, 5.41) is 4.67. The molecular weight excluding hydrogens is 254 g/mol. The van der Waals surface area contributed by atoms with Crippen LogP contribution in [0.1, 0.15) is 12.8 Å². The molecule has 0 atom stereocenters. The summed E-state index contributed by atoms with van der Waals surface area (Å²) in [6, 6.07) is 0. The highest BCUT2D eigenvalue weighted by atomic mass is 32.2. The predicted octanol–water partition coefficient (Wildman–Crippen LogP) is 0.972. The highest BCUT2D eigenvalue weighted by Gasteiger charge is 2.40. The lowest BCUT2D eigenvalue weighted by molar-refractivity contribution is -0.165. The normalized spacial score (nSPS) is 13.4. The fourth-order valence-electron chi connectivity index (χ4n) is 0.779. The van der Waals surface area contributed by atoms with Gasteiger partial charge in [-0.1, -0.05) is 0 Å². The molecule has 98 valence electrons. The third-order valence-corrected chi connectivity index (χ3v) is 2.44. The van der Waals surface area contributed by atoms with Gasteiger partial charge in [0.1, 0.15) is 6.61 Å². The van der Waals surface area contributed by atoms with E-state index in [1.54, 1.807) is 0 Å². The van der Waals surface area contributed by atoms with E-state index in [1.807, 2.05) is 0 Å². The second-order valence-electron chi connectivity index (χ2n) is 3.19. The molecule has 16 heavy (non-hydrogen) atoms. The van der Waals surface area contributed by atoms with Crippen LogP contribution in [0.2, 0.25) is 0 Å². The molecule has 0 bridgehead atoms. The largest absolute Gasteiger partial charge is 0.375 e. The lowest BCUT2D eigenvalue weighted by Gasteiger charge is -2.14. The van der Waals surface area contributed by atoms with Gasteiger partial charge in [-0.3, -0.25) is 0 Å². The van der Waals surface area contributed by atoms with E-state index in [-0.39, 0.29) is 25.2 Å². The van der Waals surface area contributed by atoms with Crippen LogP contribution in [0, 0.1) is 0 Å². The van der Waals surface area contributed by atoms with Crippen molar-refractivity contribution in [3.8, 4) is 0 Å². The molecular formula is C7H13F4NO3S. The minimum Gasteiger partial charge on any atom is -0.375 e. The average Bonchev–Trinajstić information content (AvgIpc) is 2.09. The van der Waals surface area contributed by atoms with E-state index >= 15 is 0 Å². The molecule has 4 nitrogen and oxygen atoms in total. The Morgan fingerprint density at radius 1 is 1.25 bits per heavy atom. The minimum absolute atomic E-state index is 0.138. The summed E-state index contributed by atoms with van der Waals surface area (Å²) in [7, 11) is -3.58. The Balaban J connectivity index is 3.55. The monoisotopic (exact) mass is 267 g/mol.